The Hall–Kier alpha value is -0.847. The van der Waals surface area contributed by atoms with Crippen molar-refractivity contribution in [3.8, 4) is 11.1 Å². The number of halogens is 4. The first-order valence-electron chi connectivity index (χ1n) is 17.7. The summed E-state index contributed by atoms with van der Waals surface area (Å²) in [6, 6.07) is 28.8. The van der Waals surface area contributed by atoms with Gasteiger partial charge in [-0.15, -0.1) is 23.1 Å². The van der Waals surface area contributed by atoms with Crippen LogP contribution in [0.3, 0.4) is 0 Å². The molecule has 0 unspecified atom stereocenters. The van der Waals surface area contributed by atoms with E-state index in [-0.39, 0.29) is 46.5 Å². The molecule has 276 valence electrons. The van der Waals surface area contributed by atoms with Gasteiger partial charge < -0.3 is 24.8 Å². The summed E-state index contributed by atoms with van der Waals surface area (Å²) in [5.41, 5.74) is 14.6. The Morgan fingerprint density at radius 2 is 1.04 bits per heavy atom. The molecule has 52 heavy (non-hydrogen) atoms. The fraction of sp³-hybridized carbons (Fsp3) is 0.383. The molecule has 4 aromatic carbocycles. The zero-order chi connectivity index (χ0) is 37.2. The van der Waals surface area contributed by atoms with E-state index in [0.717, 1.165) is 12.8 Å². The number of rotatable bonds is 2. The maximum atomic E-state index is 3.90. The van der Waals surface area contributed by atoms with Crippen molar-refractivity contribution in [1.29, 1.82) is 0 Å². The van der Waals surface area contributed by atoms with Gasteiger partial charge in [-0.3, -0.25) is 6.08 Å². The summed E-state index contributed by atoms with van der Waals surface area (Å²) < 4.78 is 3.99. The molecule has 2 aliphatic carbocycles. The van der Waals surface area contributed by atoms with Gasteiger partial charge in [-0.2, -0.15) is 23.8 Å². The van der Waals surface area contributed by atoms with Crippen LogP contribution in [0, 0.1) is 19.3 Å². The number of benzene rings is 4. The standard InChI is InChI=1S/C29H41.C13H8I2.C5H5.2ClH.Zr/c1-26(2,3)22-14-18-13-19-15-23(27(4,5)6)25(29(10,11)12)17-21(19)20(18)16-24(22)28(7,8)9;14-12-5-1-10(2-6-12)9-11-3-7-13(15)8-4-11;1-2-4-5-3-1;;;/h14,16-17H,13H2,1-12H3;1-8H;1-3H,4H2;2*1H;/q-1;;-1;;;+2/p-2. The van der Waals surface area contributed by atoms with Gasteiger partial charge >= 0.3 is 139 Å². The Bertz CT molecular complexity index is 1750. The predicted octanol–water partition coefficient (Wildman–Crippen LogP) is 7.57. The third-order valence-corrected chi connectivity index (χ3v) is 11.9. The third-order valence-electron chi connectivity index (χ3n) is 9.09. The molecule has 0 fully saturated rings. The summed E-state index contributed by atoms with van der Waals surface area (Å²) in [6.45, 7) is 28.0. The first-order chi connectivity index (χ1) is 23.1. The Morgan fingerprint density at radius 1 is 0.596 bits per heavy atom. The zero-order valence-corrected chi connectivity index (χ0v) is 41.3. The van der Waals surface area contributed by atoms with Gasteiger partial charge in [-0.25, -0.2) is 12.2 Å². The van der Waals surface area contributed by atoms with Crippen LogP contribution in [-0.4, -0.2) is 3.21 Å². The molecule has 5 heteroatoms. The van der Waals surface area contributed by atoms with Crippen molar-refractivity contribution in [1.82, 2.24) is 0 Å². The van der Waals surface area contributed by atoms with E-state index in [1.54, 1.807) is 0 Å². The van der Waals surface area contributed by atoms with E-state index in [0.29, 0.717) is 0 Å². The van der Waals surface area contributed by atoms with Crippen molar-refractivity contribution in [3.05, 3.63) is 149 Å². The van der Waals surface area contributed by atoms with E-state index >= 15 is 0 Å². The number of allylic oxidation sites excluding steroid dienone is 4. The van der Waals surface area contributed by atoms with Gasteiger partial charge in [0.25, 0.3) is 0 Å². The van der Waals surface area contributed by atoms with Crippen molar-refractivity contribution < 1.29 is 49.0 Å². The van der Waals surface area contributed by atoms with Gasteiger partial charge in [0.15, 0.2) is 0 Å². The summed E-state index contributed by atoms with van der Waals surface area (Å²) >= 11 is 6.13. The van der Waals surface area contributed by atoms with Gasteiger partial charge in [-0.1, -0.05) is 106 Å². The van der Waals surface area contributed by atoms with Crippen LogP contribution in [-0.2, 0) is 52.3 Å². The monoisotopic (exact) mass is 1030 g/mol. The van der Waals surface area contributed by atoms with Crippen molar-refractivity contribution in [2.45, 2.75) is 118 Å². The van der Waals surface area contributed by atoms with Gasteiger partial charge in [0.05, 0.1) is 0 Å². The van der Waals surface area contributed by atoms with Gasteiger partial charge in [-0.05, 0) is 39.4 Å². The Kier molecular flexibility index (Phi) is 17.2. The van der Waals surface area contributed by atoms with Crippen LogP contribution in [0.5, 0.6) is 0 Å². The number of hydrogen-bond acceptors (Lipinski definition) is 0. The van der Waals surface area contributed by atoms with Crippen molar-refractivity contribution in [2.24, 2.45) is 0 Å². The molecule has 0 nitrogen and oxygen atoms in total. The quantitative estimate of drug-likeness (QED) is 0.127. The second-order valence-corrected chi connectivity index (χ2v) is 21.3. The molecule has 4 aromatic rings. The minimum absolute atomic E-state index is 0. The molecule has 2 aliphatic rings. The summed E-state index contributed by atoms with van der Waals surface area (Å²) in [7, 11) is 0. The van der Waals surface area contributed by atoms with Crippen LogP contribution in [0.2, 0.25) is 0 Å². The van der Waals surface area contributed by atoms with E-state index in [1.807, 2.05) is 12.2 Å². The Morgan fingerprint density at radius 3 is 1.40 bits per heavy atom. The van der Waals surface area contributed by atoms with Crippen LogP contribution in [0.4, 0.5) is 0 Å². The third kappa shape index (κ3) is 12.3. The fourth-order valence-corrected chi connectivity index (χ4v) is 7.90. The van der Waals surface area contributed by atoms with Gasteiger partial charge in [0.2, 0.25) is 0 Å². The Balaban J connectivity index is 0.000000340. The minimum atomic E-state index is 0. The molecule has 0 radical (unpaired) electrons. The molecular formula is C47H54Cl2I2Zr-2. The fourth-order valence-electron chi connectivity index (χ4n) is 6.36. The average Bonchev–Trinajstić information content (AvgIpc) is 3.71. The molecule has 0 bridgehead atoms. The normalized spacial score (nSPS) is 13.1. The summed E-state index contributed by atoms with van der Waals surface area (Å²) in [4.78, 5) is 0. The van der Waals surface area contributed by atoms with E-state index in [4.69, 9.17) is 0 Å². The first kappa shape index (κ1) is 47.3. The molecule has 0 atom stereocenters. The van der Waals surface area contributed by atoms with E-state index < -0.39 is 0 Å². The molecule has 0 saturated heterocycles. The van der Waals surface area contributed by atoms with E-state index in [9.17, 15) is 0 Å². The molecule has 0 aliphatic heterocycles. The van der Waals surface area contributed by atoms with Crippen molar-refractivity contribution in [3.63, 3.8) is 0 Å². The first-order valence-corrected chi connectivity index (χ1v) is 21.1. The van der Waals surface area contributed by atoms with Crippen molar-refractivity contribution in [2.75, 3.05) is 0 Å². The number of fused-ring (bicyclic) bond motifs is 3. The maximum absolute atomic E-state index is 3.90. The molecule has 0 aromatic heterocycles. The predicted molar refractivity (Wildman–Crippen MR) is 231 cm³/mol. The molecule has 0 saturated carbocycles. The van der Waals surface area contributed by atoms with Crippen LogP contribution in [0.15, 0.2) is 85.0 Å². The summed E-state index contributed by atoms with van der Waals surface area (Å²) in [6.07, 6.45) is 11.0. The van der Waals surface area contributed by atoms with Gasteiger partial charge in [0.1, 0.15) is 0 Å². The molecule has 0 spiro atoms. The molecular weight excluding hydrogens is 980 g/mol. The van der Waals surface area contributed by atoms with Gasteiger partial charge in [0, 0.05) is 0 Å². The van der Waals surface area contributed by atoms with Crippen LogP contribution in [0.1, 0.15) is 134 Å². The molecule has 0 heterocycles. The van der Waals surface area contributed by atoms with Crippen LogP contribution >= 0.6 is 45.2 Å². The topological polar surface area (TPSA) is 0 Å². The molecule has 0 amide bonds. The number of hydrogen-bond donors (Lipinski definition) is 0. The second-order valence-electron chi connectivity index (χ2n) is 17.6. The average molecular weight is 1030 g/mol. The zero-order valence-electron chi connectivity index (χ0n) is 33.0. The van der Waals surface area contributed by atoms with Crippen LogP contribution in [0.25, 0.3) is 11.1 Å². The summed E-state index contributed by atoms with van der Waals surface area (Å²) in [5, 5.41) is 0. The SMILES string of the molecule is CC(C)(C)c1[c-]c2c(cc1C(C)(C)C)-c1cc(C(C)(C)C)c(C(C)(C)C)cc1C2.[C-]1=CC=CC1.[Cl-].[Cl-].[Zr+2]=[C](c1ccc(I)cc1)c1ccc(I)cc1. The Labute approximate surface area is 371 Å². The molecule has 0 N–H and O–H groups in total. The van der Waals surface area contributed by atoms with Crippen molar-refractivity contribution >= 4 is 48.4 Å². The summed E-state index contributed by atoms with van der Waals surface area (Å²) in [5.74, 6) is 0. The van der Waals surface area contributed by atoms with E-state index in [1.165, 1.54) is 90.2 Å². The second kappa shape index (κ2) is 18.9. The van der Waals surface area contributed by atoms with E-state index in [2.05, 4.69) is 213 Å². The molecule has 6 rings (SSSR count). The van der Waals surface area contributed by atoms with Crippen LogP contribution < -0.4 is 24.8 Å².